The third kappa shape index (κ3) is 6.69. The van der Waals surface area contributed by atoms with E-state index >= 15 is 0 Å². The Balaban J connectivity index is 1.29. The number of nitrogen functional groups attached to an aromatic ring is 1. The van der Waals surface area contributed by atoms with E-state index in [9.17, 15) is 14.4 Å². The van der Waals surface area contributed by atoms with E-state index in [1.54, 1.807) is 52.8 Å². The molecule has 0 fully saturated rings. The van der Waals surface area contributed by atoms with Crippen LogP contribution in [0.4, 0.5) is 11.9 Å². The number of aromatic nitrogens is 6. The van der Waals surface area contributed by atoms with Gasteiger partial charge < -0.3 is 35.8 Å². The van der Waals surface area contributed by atoms with Gasteiger partial charge in [-0.05, 0) is 67.9 Å². The third-order valence-electron chi connectivity index (χ3n) is 8.11. The molecule has 50 heavy (non-hydrogen) atoms. The van der Waals surface area contributed by atoms with Crippen LogP contribution in [0.5, 0.6) is 11.5 Å². The van der Waals surface area contributed by atoms with Crippen LogP contribution >= 0.6 is 0 Å². The number of amides is 3. The number of benzene rings is 3. The summed E-state index contributed by atoms with van der Waals surface area (Å²) >= 11 is 0. The molecular formula is C35H36N10O5. The quantitative estimate of drug-likeness (QED) is 0.131. The summed E-state index contributed by atoms with van der Waals surface area (Å²) in [4.78, 5) is 46.4. The highest BCUT2D eigenvalue weighted by molar-refractivity contribution is 6.03. The Morgan fingerprint density at radius 1 is 0.880 bits per heavy atom. The number of rotatable bonds is 13. The van der Waals surface area contributed by atoms with Gasteiger partial charge in [0.15, 0.2) is 0 Å². The fourth-order valence-electron chi connectivity index (χ4n) is 5.63. The summed E-state index contributed by atoms with van der Waals surface area (Å²) in [6, 6.07) is 17.2. The maximum atomic E-state index is 13.3. The van der Waals surface area contributed by atoms with Crippen molar-refractivity contribution in [2.45, 2.75) is 40.1 Å². The Labute approximate surface area is 286 Å². The molecule has 0 saturated heterocycles. The number of anilines is 2. The summed E-state index contributed by atoms with van der Waals surface area (Å²) in [5, 5.41) is 7.27. The number of carbonyl (C=O) groups excluding carboxylic acids is 3. The molecule has 0 aliphatic rings. The van der Waals surface area contributed by atoms with Crippen molar-refractivity contribution in [1.82, 2.24) is 28.9 Å². The lowest BCUT2D eigenvalue weighted by molar-refractivity contribution is 0.0992. The number of nitrogens with one attached hydrogen (secondary N) is 1. The summed E-state index contributed by atoms with van der Waals surface area (Å²) in [5.74, 6) is 0.0103. The second kappa shape index (κ2) is 13.8. The average molecular weight is 677 g/mol. The molecule has 3 heterocycles. The van der Waals surface area contributed by atoms with Crippen molar-refractivity contribution in [2.24, 2.45) is 11.5 Å². The molecule has 0 aliphatic carbocycles. The van der Waals surface area contributed by atoms with E-state index in [1.165, 1.54) is 0 Å². The second-order valence-electron chi connectivity index (χ2n) is 11.4. The first-order valence-corrected chi connectivity index (χ1v) is 15.7. The lowest BCUT2D eigenvalue weighted by Crippen LogP contribution is -2.19. The van der Waals surface area contributed by atoms with Gasteiger partial charge in [0.25, 0.3) is 5.91 Å². The maximum absolute atomic E-state index is 13.3. The zero-order chi connectivity index (χ0) is 35.5. The first-order valence-electron chi connectivity index (χ1n) is 15.7. The minimum atomic E-state index is -0.623. The largest absolute Gasteiger partial charge is 0.497 e. The fraction of sp³-hybridized carbons (Fsp3) is 0.200. The third-order valence-corrected chi connectivity index (χ3v) is 8.11. The molecule has 3 amide bonds. The van der Waals surface area contributed by atoms with Crippen molar-refractivity contribution in [3.8, 4) is 11.5 Å². The Bertz CT molecular complexity index is 2280. The lowest BCUT2D eigenvalue weighted by Gasteiger charge is -2.12. The molecule has 0 unspecified atom stereocenters. The van der Waals surface area contributed by atoms with Crippen LogP contribution in [0.15, 0.2) is 72.8 Å². The van der Waals surface area contributed by atoms with E-state index in [-0.39, 0.29) is 30.0 Å². The zero-order valence-electron chi connectivity index (χ0n) is 27.7. The van der Waals surface area contributed by atoms with Crippen LogP contribution in [0.3, 0.4) is 0 Å². The number of hydrogen-bond donors (Lipinski definition) is 4. The summed E-state index contributed by atoms with van der Waals surface area (Å²) in [7, 11) is 1.60. The van der Waals surface area contributed by atoms with E-state index in [2.05, 4.69) is 20.4 Å². The minimum absolute atomic E-state index is 0.209. The first-order chi connectivity index (χ1) is 24.1. The van der Waals surface area contributed by atoms with Crippen LogP contribution in [0.2, 0.25) is 0 Å². The van der Waals surface area contributed by atoms with E-state index in [0.717, 1.165) is 11.3 Å². The Morgan fingerprint density at radius 2 is 1.58 bits per heavy atom. The van der Waals surface area contributed by atoms with Gasteiger partial charge in [0.05, 0.1) is 29.4 Å². The fourth-order valence-corrected chi connectivity index (χ4v) is 5.63. The maximum Gasteiger partial charge on any atom is 0.276 e. The van der Waals surface area contributed by atoms with Gasteiger partial charge in [-0.3, -0.25) is 24.4 Å². The molecule has 15 nitrogen and oxygen atoms in total. The lowest BCUT2D eigenvalue weighted by atomic mass is 10.1. The Kier molecular flexibility index (Phi) is 9.21. The Morgan fingerprint density at radius 3 is 2.26 bits per heavy atom. The van der Waals surface area contributed by atoms with E-state index < -0.39 is 11.8 Å². The monoisotopic (exact) mass is 676 g/mol. The highest BCUT2D eigenvalue weighted by Crippen LogP contribution is 2.31. The van der Waals surface area contributed by atoms with Crippen molar-refractivity contribution in [3.63, 3.8) is 0 Å². The highest BCUT2D eigenvalue weighted by atomic mass is 16.5. The second-order valence-corrected chi connectivity index (χ2v) is 11.4. The summed E-state index contributed by atoms with van der Waals surface area (Å²) < 4.78 is 16.6. The number of nitrogens with zero attached hydrogens (tertiary/aromatic N) is 6. The summed E-state index contributed by atoms with van der Waals surface area (Å²) in [6.07, 6.45) is 3.78. The van der Waals surface area contributed by atoms with Crippen molar-refractivity contribution < 1.29 is 23.9 Å². The van der Waals surface area contributed by atoms with Gasteiger partial charge in [-0.2, -0.15) is 5.10 Å². The first kappa shape index (κ1) is 33.3. The topological polar surface area (TPSA) is 213 Å². The molecule has 3 aromatic heterocycles. The molecule has 0 aliphatic heterocycles. The number of allylic oxidation sites excluding steroid dienone is 2. The molecule has 0 saturated carbocycles. The number of methoxy groups -OCH3 is 1. The normalized spacial score (nSPS) is 11.4. The average Bonchev–Trinajstić information content (AvgIpc) is 3.76. The van der Waals surface area contributed by atoms with Gasteiger partial charge in [-0.1, -0.05) is 24.3 Å². The molecule has 6 rings (SSSR count). The van der Waals surface area contributed by atoms with Crippen molar-refractivity contribution >= 4 is 51.7 Å². The van der Waals surface area contributed by atoms with Crippen LogP contribution < -0.4 is 32.0 Å². The molecule has 3 aromatic carbocycles. The number of carbonyl (C=O) groups is 3. The van der Waals surface area contributed by atoms with Gasteiger partial charge in [-0.25, -0.2) is 9.97 Å². The molecule has 0 atom stereocenters. The standard InChI is InChI=1S/C35H36N10O5/c1-4-45-28(15-20(2)42-45)33(48)41-35-40-25-16-22(31(36)46)9-12-27(25)43(35)13-5-6-14-44-30-26(39-34(44)38)17-23(32(37)47)18-29(30)50-19-21-7-10-24(49-3)11-8-21/h5-12,15-18H,4,13-14,19H2,1-3H3,(H2,36,46)(H2,37,47)(H2,38,39)(H,40,41,48). The number of ether oxygens (including phenoxy) is 2. The molecule has 6 aromatic rings. The van der Waals surface area contributed by atoms with Gasteiger partial charge in [-0.15, -0.1) is 0 Å². The molecule has 256 valence electrons. The van der Waals surface area contributed by atoms with E-state index in [1.807, 2.05) is 54.8 Å². The highest BCUT2D eigenvalue weighted by Gasteiger charge is 2.20. The smallest absolute Gasteiger partial charge is 0.276 e. The molecule has 0 spiro atoms. The predicted molar refractivity (Wildman–Crippen MR) is 188 cm³/mol. The number of aryl methyl sites for hydroxylation is 2. The number of fused-ring (bicyclic) bond motifs is 2. The molecular weight excluding hydrogens is 640 g/mol. The van der Waals surface area contributed by atoms with Crippen molar-refractivity contribution in [2.75, 3.05) is 18.2 Å². The number of nitrogens with two attached hydrogens (primary N) is 3. The van der Waals surface area contributed by atoms with E-state index in [4.69, 9.17) is 26.7 Å². The van der Waals surface area contributed by atoms with Crippen LogP contribution in [0, 0.1) is 6.92 Å². The summed E-state index contributed by atoms with van der Waals surface area (Å²) in [5.41, 5.74) is 22.2. The van der Waals surface area contributed by atoms with Gasteiger partial charge >= 0.3 is 0 Å². The van der Waals surface area contributed by atoms with Crippen molar-refractivity contribution in [1.29, 1.82) is 0 Å². The van der Waals surface area contributed by atoms with Crippen LogP contribution in [0.1, 0.15) is 49.4 Å². The minimum Gasteiger partial charge on any atom is -0.497 e. The predicted octanol–water partition coefficient (Wildman–Crippen LogP) is 3.79. The SMILES string of the molecule is CCn1nc(C)cc1C(=O)Nc1nc2cc(C(N)=O)ccc2n1CC=CCn1c(N)nc2cc(C(N)=O)cc(OCc3ccc(OC)cc3)c21. The van der Waals surface area contributed by atoms with Crippen LogP contribution in [0.25, 0.3) is 22.1 Å². The number of hydrogen-bond acceptors (Lipinski definition) is 9. The zero-order valence-corrected chi connectivity index (χ0v) is 27.7. The molecule has 7 N–H and O–H groups in total. The van der Waals surface area contributed by atoms with Gasteiger partial charge in [0, 0.05) is 30.8 Å². The van der Waals surface area contributed by atoms with Crippen LogP contribution in [-0.2, 0) is 26.2 Å². The van der Waals surface area contributed by atoms with Crippen LogP contribution in [-0.4, -0.2) is 53.7 Å². The molecule has 0 radical (unpaired) electrons. The van der Waals surface area contributed by atoms with Gasteiger partial charge in [0.1, 0.15) is 29.3 Å². The Hall–Kier alpha value is -6.64. The van der Waals surface area contributed by atoms with E-state index in [0.29, 0.717) is 64.4 Å². The molecule has 15 heteroatoms. The number of primary amides is 2. The summed E-state index contributed by atoms with van der Waals surface area (Å²) in [6.45, 7) is 5.04. The number of imidazole rings is 2. The van der Waals surface area contributed by atoms with Crippen molar-refractivity contribution in [3.05, 3.63) is 101 Å². The van der Waals surface area contributed by atoms with Gasteiger partial charge in [0.2, 0.25) is 23.7 Å². The molecule has 0 bridgehead atoms.